The highest BCUT2D eigenvalue weighted by Crippen LogP contribution is 2.31. The number of aromatic carboxylic acids is 1. The Labute approximate surface area is 128 Å². The zero-order valence-corrected chi connectivity index (χ0v) is 12.7. The molecule has 1 aromatic carbocycles. The van der Waals surface area contributed by atoms with Gasteiger partial charge < -0.3 is 20.9 Å². The van der Waals surface area contributed by atoms with E-state index in [0.29, 0.717) is 18.5 Å². The minimum atomic E-state index is -1.15. The van der Waals surface area contributed by atoms with Crippen molar-refractivity contribution in [1.29, 1.82) is 0 Å². The van der Waals surface area contributed by atoms with Gasteiger partial charge in [-0.05, 0) is 25.8 Å². The third kappa shape index (κ3) is 5.24. The largest absolute Gasteiger partial charge is 0.496 e. The van der Waals surface area contributed by atoms with Crippen molar-refractivity contribution in [3.8, 4) is 5.75 Å². The number of anilines is 1. The van der Waals surface area contributed by atoms with Gasteiger partial charge in [0.2, 0.25) is 5.91 Å². The van der Waals surface area contributed by atoms with Gasteiger partial charge in [0, 0.05) is 18.5 Å². The van der Waals surface area contributed by atoms with Crippen molar-refractivity contribution >= 4 is 29.2 Å². The Balaban J connectivity index is 2.79. The maximum Gasteiger partial charge on any atom is 0.339 e. The van der Waals surface area contributed by atoms with Gasteiger partial charge in [0.25, 0.3) is 0 Å². The first-order valence-electron chi connectivity index (χ1n) is 6.51. The average molecular weight is 315 g/mol. The second-order valence-electron chi connectivity index (χ2n) is 4.76. The van der Waals surface area contributed by atoms with Crippen molar-refractivity contribution in [2.24, 2.45) is 5.73 Å². The van der Waals surface area contributed by atoms with Crippen LogP contribution < -0.4 is 15.8 Å². The molecule has 0 saturated carbocycles. The molecule has 0 aromatic heterocycles. The Morgan fingerprint density at radius 1 is 1.48 bits per heavy atom. The lowest BCUT2D eigenvalue weighted by molar-refractivity contribution is -0.116. The molecule has 116 valence electrons. The fraction of sp³-hybridized carbons (Fsp3) is 0.429. The Hall–Kier alpha value is -1.79. The fourth-order valence-corrected chi connectivity index (χ4v) is 1.99. The number of ether oxygens (including phenoxy) is 1. The number of carbonyl (C=O) groups excluding carboxylic acids is 1. The molecule has 6 nitrogen and oxygen atoms in total. The molecular weight excluding hydrogens is 296 g/mol. The van der Waals surface area contributed by atoms with Gasteiger partial charge in [-0.1, -0.05) is 11.6 Å². The van der Waals surface area contributed by atoms with Crippen molar-refractivity contribution in [1.82, 2.24) is 0 Å². The van der Waals surface area contributed by atoms with E-state index in [-0.39, 0.29) is 28.3 Å². The maximum absolute atomic E-state index is 11.8. The van der Waals surface area contributed by atoms with Crippen molar-refractivity contribution in [2.75, 3.05) is 12.4 Å². The fourth-order valence-electron chi connectivity index (χ4n) is 1.78. The normalized spacial score (nSPS) is 11.8. The lowest BCUT2D eigenvalue weighted by atomic mass is 10.1. The van der Waals surface area contributed by atoms with Gasteiger partial charge in [-0.2, -0.15) is 0 Å². The highest BCUT2D eigenvalue weighted by atomic mass is 35.5. The molecule has 0 radical (unpaired) electrons. The molecule has 0 aliphatic rings. The quantitative estimate of drug-likeness (QED) is 0.717. The van der Waals surface area contributed by atoms with Crippen molar-refractivity contribution in [3.05, 3.63) is 22.7 Å². The first-order chi connectivity index (χ1) is 9.85. The second-order valence-corrected chi connectivity index (χ2v) is 5.16. The second kappa shape index (κ2) is 7.85. The predicted molar refractivity (Wildman–Crippen MR) is 81.1 cm³/mol. The lowest BCUT2D eigenvalue weighted by Gasteiger charge is -2.12. The van der Waals surface area contributed by atoms with E-state index in [4.69, 9.17) is 27.2 Å². The Morgan fingerprint density at radius 2 is 2.14 bits per heavy atom. The van der Waals surface area contributed by atoms with Crippen LogP contribution in [-0.4, -0.2) is 30.1 Å². The number of nitrogens with one attached hydrogen (secondary N) is 1. The van der Waals surface area contributed by atoms with E-state index >= 15 is 0 Å². The van der Waals surface area contributed by atoms with Crippen LogP contribution in [0.5, 0.6) is 5.75 Å². The van der Waals surface area contributed by atoms with Gasteiger partial charge in [0.05, 0.1) is 17.8 Å². The van der Waals surface area contributed by atoms with E-state index in [2.05, 4.69) is 5.32 Å². The van der Waals surface area contributed by atoms with Crippen LogP contribution in [0.1, 0.15) is 36.5 Å². The number of halogens is 1. The number of rotatable bonds is 7. The van der Waals surface area contributed by atoms with E-state index in [1.807, 2.05) is 6.92 Å². The molecule has 1 rings (SSSR count). The van der Waals surface area contributed by atoms with Crippen molar-refractivity contribution < 1.29 is 19.4 Å². The molecule has 1 amide bonds. The topological polar surface area (TPSA) is 102 Å². The van der Waals surface area contributed by atoms with E-state index in [0.717, 1.165) is 6.42 Å². The lowest BCUT2D eigenvalue weighted by Crippen LogP contribution is -2.17. The van der Waals surface area contributed by atoms with Crippen molar-refractivity contribution in [2.45, 2.75) is 32.2 Å². The molecule has 1 unspecified atom stereocenters. The minimum Gasteiger partial charge on any atom is -0.496 e. The standard InChI is InChI=1S/C14H19ClN2O4/c1-8(16)4-3-5-13(18)17-11-7-12(21-2)9(14(19)20)6-10(11)15/h6-8H,3-5,16H2,1-2H3,(H,17,18)(H,19,20). The van der Waals surface area contributed by atoms with Crippen LogP contribution in [-0.2, 0) is 4.79 Å². The average Bonchev–Trinajstić information content (AvgIpc) is 2.39. The molecule has 0 spiro atoms. The van der Waals surface area contributed by atoms with Gasteiger partial charge in [0.1, 0.15) is 11.3 Å². The summed E-state index contributed by atoms with van der Waals surface area (Å²) in [4.78, 5) is 22.8. The molecule has 0 bridgehead atoms. The molecule has 0 fully saturated rings. The number of carboxylic acid groups (broad SMARTS) is 1. The summed E-state index contributed by atoms with van der Waals surface area (Å²) in [7, 11) is 1.35. The zero-order valence-electron chi connectivity index (χ0n) is 12.0. The number of nitrogens with two attached hydrogens (primary N) is 1. The summed E-state index contributed by atoms with van der Waals surface area (Å²) in [6, 6.07) is 2.70. The number of carbonyl (C=O) groups is 2. The molecule has 4 N–H and O–H groups in total. The molecule has 0 heterocycles. The van der Waals surface area contributed by atoms with Crippen LogP contribution in [0.3, 0.4) is 0 Å². The number of hydrogen-bond donors (Lipinski definition) is 3. The highest BCUT2D eigenvalue weighted by molar-refractivity contribution is 6.34. The summed E-state index contributed by atoms with van der Waals surface area (Å²) in [5.41, 5.74) is 5.88. The van der Waals surface area contributed by atoms with Crippen LogP contribution in [0.2, 0.25) is 5.02 Å². The van der Waals surface area contributed by atoms with Crippen LogP contribution in [0.15, 0.2) is 12.1 Å². The first kappa shape index (κ1) is 17.3. The molecule has 0 aliphatic heterocycles. The summed E-state index contributed by atoms with van der Waals surface area (Å²) in [5.74, 6) is -1.22. The molecule has 7 heteroatoms. The van der Waals surface area contributed by atoms with Gasteiger partial charge >= 0.3 is 5.97 Å². The molecule has 1 aromatic rings. The number of methoxy groups -OCH3 is 1. The predicted octanol–water partition coefficient (Wildman–Crippen LogP) is 2.50. The summed E-state index contributed by atoms with van der Waals surface area (Å²) in [6.45, 7) is 1.88. The summed E-state index contributed by atoms with van der Waals surface area (Å²) >= 11 is 5.98. The van der Waals surface area contributed by atoms with Gasteiger partial charge in [-0.15, -0.1) is 0 Å². The van der Waals surface area contributed by atoms with Crippen LogP contribution in [0.4, 0.5) is 5.69 Å². The molecule has 1 atom stereocenters. The van der Waals surface area contributed by atoms with Gasteiger partial charge in [-0.25, -0.2) is 4.79 Å². The molecule has 0 saturated heterocycles. The monoisotopic (exact) mass is 314 g/mol. The molecule has 21 heavy (non-hydrogen) atoms. The smallest absolute Gasteiger partial charge is 0.339 e. The number of benzene rings is 1. The number of amides is 1. The zero-order chi connectivity index (χ0) is 16.0. The third-order valence-corrected chi connectivity index (χ3v) is 3.17. The Kier molecular flexibility index (Phi) is 6.45. The number of carboxylic acids is 1. The number of hydrogen-bond acceptors (Lipinski definition) is 4. The highest BCUT2D eigenvalue weighted by Gasteiger charge is 2.16. The molecule has 0 aliphatic carbocycles. The van der Waals surface area contributed by atoms with Crippen molar-refractivity contribution in [3.63, 3.8) is 0 Å². The Morgan fingerprint density at radius 3 is 2.67 bits per heavy atom. The van der Waals surface area contributed by atoms with Crippen LogP contribution in [0.25, 0.3) is 0 Å². The van der Waals surface area contributed by atoms with E-state index < -0.39 is 5.97 Å². The van der Waals surface area contributed by atoms with Crippen LogP contribution in [0, 0.1) is 0 Å². The SMILES string of the molecule is COc1cc(NC(=O)CCCC(C)N)c(Cl)cc1C(=O)O. The third-order valence-electron chi connectivity index (χ3n) is 2.86. The summed E-state index contributed by atoms with van der Waals surface area (Å²) in [6.07, 6.45) is 1.74. The van der Waals surface area contributed by atoms with Gasteiger partial charge in [0.15, 0.2) is 0 Å². The minimum absolute atomic E-state index is 0.0522. The Bertz CT molecular complexity index is 532. The van der Waals surface area contributed by atoms with Gasteiger partial charge in [-0.3, -0.25) is 4.79 Å². The molecular formula is C14H19ClN2O4. The first-order valence-corrected chi connectivity index (χ1v) is 6.89. The van der Waals surface area contributed by atoms with E-state index in [9.17, 15) is 9.59 Å². The van der Waals surface area contributed by atoms with E-state index in [1.165, 1.54) is 19.2 Å². The summed E-state index contributed by atoms with van der Waals surface area (Å²) < 4.78 is 4.99. The summed E-state index contributed by atoms with van der Waals surface area (Å²) in [5, 5.41) is 11.8. The van der Waals surface area contributed by atoms with E-state index in [1.54, 1.807) is 0 Å². The maximum atomic E-state index is 11.8. The van der Waals surface area contributed by atoms with Crippen LogP contribution >= 0.6 is 11.6 Å².